The Morgan fingerprint density at radius 1 is 1.25 bits per heavy atom. The number of fused-ring (bicyclic) bond motifs is 1. The van der Waals surface area contributed by atoms with E-state index in [2.05, 4.69) is 9.55 Å². The number of carbonyl (C=O) groups is 1. The van der Waals surface area contributed by atoms with E-state index >= 15 is 0 Å². The number of hydrogen-bond acceptors (Lipinski definition) is 2. The van der Waals surface area contributed by atoms with Crippen LogP contribution in [0.25, 0.3) is 11.8 Å². The van der Waals surface area contributed by atoms with Gasteiger partial charge in [-0.1, -0.05) is 18.2 Å². The Morgan fingerprint density at radius 2 is 2.05 bits per heavy atom. The van der Waals surface area contributed by atoms with Gasteiger partial charge in [-0.3, -0.25) is 0 Å². The third kappa shape index (κ3) is 2.37. The van der Waals surface area contributed by atoms with Crippen LogP contribution < -0.4 is 0 Å². The largest absolute Gasteiger partial charge is 0.478 e. The first kappa shape index (κ1) is 12.7. The van der Waals surface area contributed by atoms with Gasteiger partial charge in [-0.25, -0.2) is 9.78 Å². The van der Waals surface area contributed by atoms with Crippen LogP contribution in [0.1, 0.15) is 29.8 Å². The predicted octanol–water partition coefficient (Wildman–Crippen LogP) is 2.85. The van der Waals surface area contributed by atoms with Crippen molar-refractivity contribution in [2.45, 2.75) is 25.7 Å². The minimum absolute atomic E-state index is 0.890. The van der Waals surface area contributed by atoms with Crippen LogP contribution >= 0.6 is 0 Å². The Bertz CT molecular complexity index is 671. The van der Waals surface area contributed by atoms with Crippen molar-refractivity contribution in [3.05, 3.63) is 53.6 Å². The number of carboxylic acid groups (broad SMARTS) is 1. The standard InChI is InChI=1S/C16H16N2O2/c19-16(20)10-9-12-5-1-3-7-14(12)18-11-17-13-6-2-4-8-15(13)18/h1,3,5,7,9-11H,2,4,6,8H2,(H,19,20)/b10-9+. The van der Waals surface area contributed by atoms with E-state index in [0.29, 0.717) is 0 Å². The molecule has 1 aliphatic carbocycles. The Labute approximate surface area is 117 Å². The van der Waals surface area contributed by atoms with Crippen LogP contribution in [-0.4, -0.2) is 20.6 Å². The molecule has 0 atom stereocenters. The molecule has 0 amide bonds. The van der Waals surface area contributed by atoms with Gasteiger partial charge in [0.2, 0.25) is 0 Å². The van der Waals surface area contributed by atoms with Crippen molar-refractivity contribution in [1.82, 2.24) is 9.55 Å². The normalized spacial score (nSPS) is 14.4. The van der Waals surface area contributed by atoms with Gasteiger partial charge in [-0.05, 0) is 43.4 Å². The summed E-state index contributed by atoms with van der Waals surface area (Å²) in [5.41, 5.74) is 4.31. The molecule has 1 aliphatic rings. The van der Waals surface area contributed by atoms with Crippen molar-refractivity contribution in [2.75, 3.05) is 0 Å². The summed E-state index contributed by atoms with van der Waals surface area (Å²) in [5.74, 6) is -0.938. The van der Waals surface area contributed by atoms with Gasteiger partial charge in [0.25, 0.3) is 0 Å². The lowest BCUT2D eigenvalue weighted by Crippen LogP contribution is -2.07. The van der Waals surface area contributed by atoms with Crippen molar-refractivity contribution in [2.24, 2.45) is 0 Å². The molecule has 0 saturated heterocycles. The van der Waals surface area contributed by atoms with Crippen molar-refractivity contribution >= 4 is 12.0 Å². The van der Waals surface area contributed by atoms with E-state index in [0.717, 1.165) is 24.1 Å². The topological polar surface area (TPSA) is 55.1 Å². The smallest absolute Gasteiger partial charge is 0.328 e. The number of carboxylic acids is 1. The summed E-state index contributed by atoms with van der Waals surface area (Å²) >= 11 is 0. The van der Waals surface area contributed by atoms with Crippen molar-refractivity contribution < 1.29 is 9.90 Å². The molecule has 0 radical (unpaired) electrons. The van der Waals surface area contributed by atoms with Crippen molar-refractivity contribution in [3.63, 3.8) is 0 Å². The first-order chi connectivity index (χ1) is 9.75. The lowest BCUT2D eigenvalue weighted by molar-refractivity contribution is -0.131. The zero-order valence-electron chi connectivity index (χ0n) is 11.1. The highest BCUT2D eigenvalue weighted by molar-refractivity contribution is 5.86. The van der Waals surface area contributed by atoms with Crippen LogP contribution in [0.4, 0.5) is 0 Å². The average Bonchev–Trinajstić information content (AvgIpc) is 2.89. The summed E-state index contributed by atoms with van der Waals surface area (Å²) < 4.78 is 2.09. The maximum absolute atomic E-state index is 10.7. The minimum Gasteiger partial charge on any atom is -0.478 e. The van der Waals surface area contributed by atoms with E-state index in [4.69, 9.17) is 5.11 Å². The fraction of sp³-hybridized carbons (Fsp3) is 0.250. The van der Waals surface area contributed by atoms with Crippen LogP contribution in [0.15, 0.2) is 36.7 Å². The molecule has 0 unspecified atom stereocenters. The van der Waals surface area contributed by atoms with Gasteiger partial charge < -0.3 is 9.67 Å². The highest BCUT2D eigenvalue weighted by Crippen LogP contribution is 2.25. The molecule has 4 nitrogen and oxygen atoms in total. The van der Waals surface area contributed by atoms with Gasteiger partial charge in [0.15, 0.2) is 0 Å². The Morgan fingerprint density at radius 3 is 2.90 bits per heavy atom. The quantitative estimate of drug-likeness (QED) is 0.871. The summed E-state index contributed by atoms with van der Waals surface area (Å²) in [6.07, 6.45) is 9.11. The molecular weight excluding hydrogens is 252 g/mol. The molecule has 2 aromatic rings. The molecule has 4 heteroatoms. The highest BCUT2D eigenvalue weighted by Gasteiger charge is 2.16. The zero-order chi connectivity index (χ0) is 13.9. The number of nitrogens with zero attached hydrogens (tertiary/aromatic N) is 2. The van der Waals surface area contributed by atoms with E-state index in [9.17, 15) is 4.79 Å². The number of imidazole rings is 1. The van der Waals surface area contributed by atoms with E-state index < -0.39 is 5.97 Å². The second-order valence-electron chi connectivity index (χ2n) is 4.95. The third-order valence-electron chi connectivity index (χ3n) is 3.63. The van der Waals surface area contributed by atoms with Gasteiger partial charge in [0, 0.05) is 11.8 Å². The van der Waals surface area contributed by atoms with Crippen LogP contribution in [0.3, 0.4) is 0 Å². The molecule has 102 valence electrons. The van der Waals surface area contributed by atoms with Gasteiger partial charge in [0.05, 0.1) is 17.7 Å². The molecule has 1 aromatic heterocycles. The third-order valence-corrected chi connectivity index (χ3v) is 3.63. The van der Waals surface area contributed by atoms with E-state index in [1.54, 1.807) is 6.08 Å². The van der Waals surface area contributed by atoms with Crippen molar-refractivity contribution in [1.29, 1.82) is 0 Å². The molecule has 1 heterocycles. The number of benzene rings is 1. The van der Waals surface area contributed by atoms with E-state index in [1.807, 2.05) is 30.6 Å². The van der Waals surface area contributed by atoms with Crippen molar-refractivity contribution in [3.8, 4) is 5.69 Å². The molecule has 20 heavy (non-hydrogen) atoms. The molecule has 3 rings (SSSR count). The summed E-state index contributed by atoms with van der Waals surface area (Å²) in [6.45, 7) is 0. The molecule has 0 saturated carbocycles. The second-order valence-corrected chi connectivity index (χ2v) is 4.95. The van der Waals surface area contributed by atoms with Crippen LogP contribution in [0.5, 0.6) is 0 Å². The number of aryl methyl sites for hydroxylation is 1. The van der Waals surface area contributed by atoms with Gasteiger partial charge in [-0.15, -0.1) is 0 Å². The van der Waals surface area contributed by atoms with E-state index in [-0.39, 0.29) is 0 Å². The van der Waals surface area contributed by atoms with Gasteiger partial charge in [0.1, 0.15) is 0 Å². The second kappa shape index (κ2) is 5.33. The monoisotopic (exact) mass is 268 g/mol. The maximum atomic E-state index is 10.7. The predicted molar refractivity (Wildman–Crippen MR) is 76.9 cm³/mol. The van der Waals surface area contributed by atoms with E-state index in [1.165, 1.54) is 30.3 Å². The molecule has 0 spiro atoms. The lowest BCUT2D eigenvalue weighted by atomic mass is 10.0. The SMILES string of the molecule is O=C(O)/C=C/c1ccccc1-n1cnc2c1CCCC2. The number of aliphatic carboxylic acids is 1. The number of aromatic nitrogens is 2. The zero-order valence-corrected chi connectivity index (χ0v) is 11.1. The van der Waals surface area contributed by atoms with Gasteiger partial charge in [-0.2, -0.15) is 0 Å². The minimum atomic E-state index is -0.938. The molecule has 0 aliphatic heterocycles. The number of para-hydroxylation sites is 1. The summed E-state index contributed by atoms with van der Waals surface area (Å²) in [7, 11) is 0. The van der Waals surface area contributed by atoms with Crippen LogP contribution in [0.2, 0.25) is 0 Å². The Hall–Kier alpha value is -2.36. The maximum Gasteiger partial charge on any atom is 0.328 e. The van der Waals surface area contributed by atoms with Crippen LogP contribution in [0, 0.1) is 0 Å². The molecule has 0 bridgehead atoms. The molecule has 0 fully saturated rings. The lowest BCUT2D eigenvalue weighted by Gasteiger charge is -2.15. The number of rotatable bonds is 3. The number of hydrogen-bond donors (Lipinski definition) is 1. The molecular formula is C16H16N2O2. The summed E-state index contributed by atoms with van der Waals surface area (Å²) in [4.78, 5) is 15.2. The summed E-state index contributed by atoms with van der Waals surface area (Å²) in [6, 6.07) is 7.79. The summed E-state index contributed by atoms with van der Waals surface area (Å²) in [5, 5.41) is 8.78. The van der Waals surface area contributed by atoms with Gasteiger partial charge >= 0.3 is 5.97 Å². The fourth-order valence-corrected chi connectivity index (χ4v) is 2.69. The Balaban J connectivity index is 2.06. The first-order valence-electron chi connectivity index (χ1n) is 6.81. The highest BCUT2D eigenvalue weighted by atomic mass is 16.4. The van der Waals surface area contributed by atoms with Crippen LogP contribution in [-0.2, 0) is 17.6 Å². The molecule has 1 N–H and O–H groups in total. The first-order valence-corrected chi connectivity index (χ1v) is 6.81. The Kier molecular flexibility index (Phi) is 3.37. The molecule has 1 aromatic carbocycles. The fourth-order valence-electron chi connectivity index (χ4n) is 2.69. The average molecular weight is 268 g/mol.